The largest absolute Gasteiger partial charge is 0.395 e. The molecule has 1 aromatic carbocycles. The molecule has 2 bridgehead atoms. The molecule has 2 atom stereocenters. The lowest BCUT2D eigenvalue weighted by Crippen LogP contribution is -2.47. The molecule has 3 saturated heterocycles. The molecular weight excluding hydrogens is 540 g/mol. The lowest BCUT2D eigenvalue weighted by Gasteiger charge is -2.34. The molecule has 11 nitrogen and oxygen atoms in total. The van der Waals surface area contributed by atoms with Crippen LogP contribution in [0.15, 0.2) is 42.6 Å². The number of pyridine rings is 1. The van der Waals surface area contributed by atoms with Crippen molar-refractivity contribution in [1.29, 1.82) is 0 Å². The second-order valence-corrected chi connectivity index (χ2v) is 11.8. The Kier molecular flexibility index (Phi) is 6.99. The van der Waals surface area contributed by atoms with Gasteiger partial charge in [-0.15, -0.1) is 11.3 Å². The van der Waals surface area contributed by atoms with Gasteiger partial charge in [-0.3, -0.25) is 9.69 Å². The molecule has 6 heterocycles. The van der Waals surface area contributed by atoms with Crippen LogP contribution in [-0.4, -0.2) is 105 Å². The number of fused-ring (bicyclic) bond motifs is 3. The number of nitrogens with zero attached hydrogens (tertiary/aromatic N) is 7. The smallest absolute Gasteiger partial charge is 0.254 e. The number of aliphatic hydroxyl groups excluding tert-OH is 1. The summed E-state index contributed by atoms with van der Waals surface area (Å²) in [6.45, 7) is 7.51. The zero-order chi connectivity index (χ0) is 27.9. The highest BCUT2D eigenvalue weighted by Gasteiger charge is 2.41. The Morgan fingerprint density at radius 3 is 2.78 bits per heavy atom. The fraction of sp³-hybridized carbons (Fsp3) is 0.414. The molecule has 0 saturated carbocycles. The minimum atomic E-state index is 0.0588. The minimum absolute atomic E-state index is 0.0588. The quantitative estimate of drug-likeness (QED) is 0.342. The Labute approximate surface area is 241 Å². The van der Waals surface area contributed by atoms with E-state index in [1.807, 2.05) is 54.4 Å². The van der Waals surface area contributed by atoms with E-state index in [4.69, 9.17) is 14.7 Å². The molecule has 3 aliphatic rings. The Balaban J connectivity index is 1.08. The first-order valence-electron chi connectivity index (χ1n) is 14.0. The number of β-amino-alcohol motifs (C(OH)–C–C–N with tert-alkyl or cyclic N) is 1. The highest BCUT2D eigenvalue weighted by atomic mass is 32.1. The van der Waals surface area contributed by atoms with Gasteiger partial charge in [0.2, 0.25) is 5.95 Å². The van der Waals surface area contributed by atoms with Crippen LogP contribution in [0.3, 0.4) is 0 Å². The van der Waals surface area contributed by atoms with Crippen LogP contribution in [0.1, 0.15) is 22.5 Å². The number of nitrogens with one attached hydrogen (secondary N) is 1. The van der Waals surface area contributed by atoms with E-state index in [9.17, 15) is 9.90 Å². The number of likely N-dealkylation sites (tertiary alicyclic amines) is 1. The topological polar surface area (TPSA) is 120 Å². The number of piperazine rings is 1. The van der Waals surface area contributed by atoms with Gasteiger partial charge < -0.3 is 25.0 Å². The second kappa shape index (κ2) is 10.9. The monoisotopic (exact) mass is 572 g/mol. The van der Waals surface area contributed by atoms with Gasteiger partial charge in [0.25, 0.3) is 5.91 Å². The van der Waals surface area contributed by atoms with Crippen molar-refractivity contribution in [3.05, 3.63) is 53.9 Å². The maximum atomic E-state index is 13.2. The molecule has 212 valence electrons. The van der Waals surface area contributed by atoms with Gasteiger partial charge in [0, 0.05) is 74.4 Å². The fourth-order valence-corrected chi connectivity index (χ4v) is 6.74. The number of aryl methyl sites for hydroxylation is 1. The molecule has 4 aromatic rings. The van der Waals surface area contributed by atoms with Crippen molar-refractivity contribution in [3.8, 4) is 10.6 Å². The number of hydrogen-bond donors (Lipinski definition) is 2. The zero-order valence-electron chi connectivity index (χ0n) is 22.9. The first kappa shape index (κ1) is 26.2. The molecule has 2 N–H and O–H groups in total. The normalized spacial score (nSPS) is 20.7. The predicted octanol–water partition coefficient (Wildman–Crippen LogP) is 2.93. The number of carbonyl (C=O) groups is 1. The molecule has 41 heavy (non-hydrogen) atoms. The number of anilines is 3. The summed E-state index contributed by atoms with van der Waals surface area (Å²) in [6.07, 6.45) is 2.94. The lowest BCUT2D eigenvalue weighted by atomic mass is 10.1. The summed E-state index contributed by atoms with van der Waals surface area (Å²) in [6, 6.07) is 11.8. The number of amides is 1. The Morgan fingerprint density at radius 2 is 2.00 bits per heavy atom. The van der Waals surface area contributed by atoms with Crippen molar-refractivity contribution in [2.24, 2.45) is 0 Å². The van der Waals surface area contributed by atoms with Crippen LogP contribution < -0.4 is 10.2 Å². The van der Waals surface area contributed by atoms with Crippen molar-refractivity contribution in [2.45, 2.75) is 25.5 Å². The van der Waals surface area contributed by atoms with Crippen molar-refractivity contribution < 1.29 is 14.6 Å². The predicted molar refractivity (Wildman–Crippen MR) is 158 cm³/mol. The number of thiazole rings is 1. The van der Waals surface area contributed by atoms with E-state index < -0.39 is 0 Å². The van der Waals surface area contributed by atoms with Gasteiger partial charge in [0.05, 0.1) is 35.6 Å². The number of hydrogen-bond acceptors (Lipinski definition) is 11. The molecule has 0 radical (unpaired) electrons. The first-order chi connectivity index (χ1) is 20.0. The number of benzene rings is 1. The molecular formula is C29H32N8O3S. The van der Waals surface area contributed by atoms with Gasteiger partial charge in [0.1, 0.15) is 16.6 Å². The van der Waals surface area contributed by atoms with Gasteiger partial charge in [-0.25, -0.2) is 15.0 Å². The van der Waals surface area contributed by atoms with Crippen LogP contribution in [0.25, 0.3) is 20.8 Å². The molecule has 1 amide bonds. The molecule has 0 spiro atoms. The molecule has 0 aliphatic carbocycles. The minimum Gasteiger partial charge on any atom is -0.395 e. The first-order valence-corrected chi connectivity index (χ1v) is 14.8. The van der Waals surface area contributed by atoms with Crippen molar-refractivity contribution in [1.82, 2.24) is 29.7 Å². The number of carbonyl (C=O) groups excluding carboxylic acids is 1. The Hall–Kier alpha value is -3.71. The number of ether oxygens (including phenoxy) is 1. The van der Waals surface area contributed by atoms with Gasteiger partial charge in [-0.2, -0.15) is 4.98 Å². The highest BCUT2D eigenvalue weighted by molar-refractivity contribution is 7.21. The van der Waals surface area contributed by atoms with E-state index in [-0.39, 0.29) is 24.7 Å². The summed E-state index contributed by atoms with van der Waals surface area (Å²) in [7, 11) is 0. The Morgan fingerprint density at radius 1 is 1.12 bits per heavy atom. The summed E-state index contributed by atoms with van der Waals surface area (Å²) < 4.78 is 6.63. The van der Waals surface area contributed by atoms with Gasteiger partial charge >= 0.3 is 0 Å². The molecule has 7 rings (SSSR count). The van der Waals surface area contributed by atoms with Crippen LogP contribution in [0.2, 0.25) is 0 Å². The molecule has 3 fully saturated rings. The summed E-state index contributed by atoms with van der Waals surface area (Å²) >= 11 is 1.56. The van der Waals surface area contributed by atoms with Gasteiger partial charge in [-0.1, -0.05) is 12.1 Å². The van der Waals surface area contributed by atoms with E-state index >= 15 is 0 Å². The molecule has 12 heteroatoms. The summed E-state index contributed by atoms with van der Waals surface area (Å²) in [5.41, 5.74) is 3.30. The van der Waals surface area contributed by atoms with Gasteiger partial charge in [0.15, 0.2) is 0 Å². The second-order valence-electron chi connectivity index (χ2n) is 10.8. The van der Waals surface area contributed by atoms with Crippen LogP contribution >= 0.6 is 11.3 Å². The third-order valence-corrected chi connectivity index (χ3v) is 9.02. The third-order valence-electron chi connectivity index (χ3n) is 7.96. The number of rotatable bonds is 7. The van der Waals surface area contributed by atoms with E-state index in [0.717, 1.165) is 59.1 Å². The average molecular weight is 573 g/mol. The standard InChI is InChI=1S/C29H32N8O3S/c1-18-11-26(34-29(31-18)36-7-5-35(6-8-36)9-10-38)33-25-14-23-24(15-30-25)41-27(32-23)19-3-2-4-20(12-19)28(39)37-16-22-13-21(37)17-40-22/h2-4,11-12,14-15,21-22,38H,5-10,13,16-17H2,1H3,(H,30,31,33,34). The molecule has 2 unspecified atom stereocenters. The summed E-state index contributed by atoms with van der Waals surface area (Å²) in [4.78, 5) is 38.5. The Bertz CT molecular complexity index is 1590. The van der Waals surface area contributed by atoms with E-state index in [0.29, 0.717) is 42.8 Å². The van der Waals surface area contributed by atoms with Crippen molar-refractivity contribution in [2.75, 3.05) is 62.7 Å². The fourth-order valence-electron chi connectivity index (χ4n) is 5.83. The van der Waals surface area contributed by atoms with Crippen LogP contribution in [0.4, 0.5) is 17.6 Å². The van der Waals surface area contributed by atoms with Crippen molar-refractivity contribution >= 4 is 45.0 Å². The van der Waals surface area contributed by atoms with E-state index in [1.165, 1.54) is 0 Å². The van der Waals surface area contributed by atoms with Crippen LogP contribution in [0, 0.1) is 6.92 Å². The van der Waals surface area contributed by atoms with Gasteiger partial charge in [-0.05, 0) is 25.5 Å². The third kappa shape index (κ3) is 5.35. The summed E-state index contributed by atoms with van der Waals surface area (Å²) in [5.74, 6) is 2.08. The summed E-state index contributed by atoms with van der Waals surface area (Å²) in [5, 5.41) is 13.4. The maximum Gasteiger partial charge on any atom is 0.254 e. The van der Waals surface area contributed by atoms with Crippen LogP contribution in [0.5, 0.6) is 0 Å². The van der Waals surface area contributed by atoms with Crippen molar-refractivity contribution in [3.63, 3.8) is 0 Å². The molecule has 3 aliphatic heterocycles. The number of morpholine rings is 1. The molecule has 3 aromatic heterocycles. The highest BCUT2D eigenvalue weighted by Crippen LogP contribution is 2.33. The van der Waals surface area contributed by atoms with E-state index in [2.05, 4.69) is 25.1 Å². The SMILES string of the molecule is Cc1cc(Nc2cc3nc(-c4cccc(C(=O)N5CC6CC5CO6)c4)sc3cn2)nc(N2CCN(CCO)CC2)n1. The number of aliphatic hydroxyl groups is 1. The lowest BCUT2D eigenvalue weighted by molar-refractivity contribution is 0.0259. The average Bonchev–Trinajstić information content (AvgIpc) is 3.73. The van der Waals surface area contributed by atoms with Crippen LogP contribution in [-0.2, 0) is 4.74 Å². The number of aromatic nitrogens is 4. The van der Waals surface area contributed by atoms with E-state index in [1.54, 1.807) is 11.3 Å². The zero-order valence-corrected chi connectivity index (χ0v) is 23.7. The maximum absolute atomic E-state index is 13.2.